The van der Waals surface area contributed by atoms with E-state index in [1.165, 1.54) is 0 Å². The van der Waals surface area contributed by atoms with Crippen LogP contribution in [0.25, 0.3) is 0 Å². The van der Waals surface area contributed by atoms with Gasteiger partial charge in [-0.3, -0.25) is 4.90 Å². The van der Waals surface area contributed by atoms with Crippen molar-refractivity contribution in [2.24, 2.45) is 11.7 Å². The van der Waals surface area contributed by atoms with Crippen LogP contribution < -0.4 is 5.73 Å². The van der Waals surface area contributed by atoms with Crippen LogP contribution in [0.2, 0.25) is 0 Å². The quantitative estimate of drug-likeness (QED) is 0.899. The average Bonchev–Trinajstić information content (AvgIpc) is 2.73. The van der Waals surface area contributed by atoms with Crippen LogP contribution in [0, 0.1) is 11.7 Å². The van der Waals surface area contributed by atoms with Gasteiger partial charge in [-0.1, -0.05) is 19.1 Å². The van der Waals surface area contributed by atoms with Crippen molar-refractivity contribution in [1.29, 1.82) is 0 Å². The van der Waals surface area contributed by atoms with E-state index in [1.54, 1.807) is 6.07 Å². The number of likely N-dealkylation sites (tertiary alicyclic amines) is 1. The van der Waals surface area contributed by atoms with Crippen molar-refractivity contribution in [1.82, 2.24) is 9.80 Å². The SMILES string of the molecule is CC1CN(Cc2ccc(CN)cc2F)CC1N(C)C. The Morgan fingerprint density at radius 2 is 2.11 bits per heavy atom. The Morgan fingerprint density at radius 1 is 1.37 bits per heavy atom. The first-order valence-corrected chi connectivity index (χ1v) is 6.87. The first-order chi connectivity index (χ1) is 9.01. The standard InChI is InChI=1S/C15H24FN3/c1-11-8-19(10-15(11)18(2)3)9-13-5-4-12(7-17)6-14(13)16/h4-6,11,15H,7-10,17H2,1-3H3. The Kier molecular flexibility index (Phi) is 4.55. The van der Waals surface area contributed by atoms with E-state index >= 15 is 0 Å². The van der Waals surface area contributed by atoms with Gasteiger partial charge in [-0.25, -0.2) is 4.39 Å². The zero-order valence-corrected chi connectivity index (χ0v) is 12.1. The Balaban J connectivity index is 2.03. The minimum Gasteiger partial charge on any atom is -0.326 e. The van der Waals surface area contributed by atoms with Crippen LogP contribution in [-0.4, -0.2) is 43.0 Å². The van der Waals surface area contributed by atoms with Crippen molar-refractivity contribution in [2.45, 2.75) is 26.1 Å². The molecule has 1 fully saturated rings. The van der Waals surface area contributed by atoms with Crippen LogP contribution in [0.5, 0.6) is 0 Å². The van der Waals surface area contributed by atoms with Gasteiger partial charge < -0.3 is 10.6 Å². The summed E-state index contributed by atoms with van der Waals surface area (Å²) in [5, 5.41) is 0. The molecule has 0 amide bonds. The number of likely N-dealkylation sites (N-methyl/N-ethyl adjacent to an activating group) is 1. The zero-order valence-electron chi connectivity index (χ0n) is 12.1. The van der Waals surface area contributed by atoms with Crippen molar-refractivity contribution < 1.29 is 4.39 Å². The van der Waals surface area contributed by atoms with Gasteiger partial charge in [0, 0.05) is 37.8 Å². The lowest BCUT2D eigenvalue weighted by molar-refractivity contribution is 0.249. The maximum atomic E-state index is 14.0. The van der Waals surface area contributed by atoms with Crippen LogP contribution >= 0.6 is 0 Å². The predicted molar refractivity (Wildman–Crippen MR) is 76.2 cm³/mol. The molecule has 2 rings (SSSR count). The summed E-state index contributed by atoms with van der Waals surface area (Å²) in [5.41, 5.74) is 7.14. The Morgan fingerprint density at radius 3 is 2.63 bits per heavy atom. The molecule has 106 valence electrons. The highest BCUT2D eigenvalue weighted by molar-refractivity contribution is 5.24. The first-order valence-electron chi connectivity index (χ1n) is 6.87. The monoisotopic (exact) mass is 265 g/mol. The molecule has 19 heavy (non-hydrogen) atoms. The summed E-state index contributed by atoms with van der Waals surface area (Å²) in [6, 6.07) is 5.90. The second kappa shape index (κ2) is 5.99. The van der Waals surface area contributed by atoms with Gasteiger partial charge in [0.1, 0.15) is 5.82 Å². The fourth-order valence-electron chi connectivity index (χ4n) is 2.94. The number of benzene rings is 1. The van der Waals surface area contributed by atoms with Gasteiger partial charge in [-0.05, 0) is 31.6 Å². The lowest BCUT2D eigenvalue weighted by Crippen LogP contribution is -2.34. The number of nitrogens with zero attached hydrogens (tertiary/aromatic N) is 2. The molecule has 0 aromatic heterocycles. The average molecular weight is 265 g/mol. The Labute approximate surface area is 115 Å². The molecule has 0 spiro atoms. The van der Waals surface area contributed by atoms with E-state index in [2.05, 4.69) is 30.8 Å². The fraction of sp³-hybridized carbons (Fsp3) is 0.600. The molecule has 0 radical (unpaired) electrons. The number of hydrogen-bond donors (Lipinski definition) is 1. The van der Waals surface area contributed by atoms with Crippen LogP contribution in [-0.2, 0) is 13.1 Å². The molecule has 3 nitrogen and oxygen atoms in total. The molecular weight excluding hydrogens is 241 g/mol. The molecular formula is C15H24FN3. The van der Waals surface area contributed by atoms with Crippen molar-refractivity contribution in [3.05, 3.63) is 35.1 Å². The van der Waals surface area contributed by atoms with Crippen molar-refractivity contribution in [3.8, 4) is 0 Å². The van der Waals surface area contributed by atoms with Gasteiger partial charge in [0.2, 0.25) is 0 Å². The lowest BCUT2D eigenvalue weighted by atomic mass is 10.1. The third kappa shape index (κ3) is 3.32. The molecule has 4 heteroatoms. The van der Waals surface area contributed by atoms with E-state index in [1.807, 2.05) is 12.1 Å². The highest BCUT2D eigenvalue weighted by Gasteiger charge is 2.31. The van der Waals surface area contributed by atoms with E-state index in [0.717, 1.165) is 24.2 Å². The predicted octanol–water partition coefficient (Wildman–Crippen LogP) is 1.67. The third-order valence-corrected chi connectivity index (χ3v) is 4.06. The molecule has 0 saturated carbocycles. The smallest absolute Gasteiger partial charge is 0.128 e. The fourth-order valence-corrected chi connectivity index (χ4v) is 2.94. The van der Waals surface area contributed by atoms with E-state index in [0.29, 0.717) is 25.0 Å². The second-order valence-corrected chi connectivity index (χ2v) is 5.83. The maximum Gasteiger partial charge on any atom is 0.128 e. The summed E-state index contributed by atoms with van der Waals surface area (Å²) in [7, 11) is 4.22. The van der Waals surface area contributed by atoms with E-state index in [9.17, 15) is 4.39 Å². The molecule has 1 aromatic rings. The van der Waals surface area contributed by atoms with E-state index in [4.69, 9.17) is 5.73 Å². The third-order valence-electron chi connectivity index (χ3n) is 4.06. The summed E-state index contributed by atoms with van der Waals surface area (Å²) in [5.74, 6) is 0.491. The lowest BCUT2D eigenvalue weighted by Gasteiger charge is -2.22. The van der Waals surface area contributed by atoms with Crippen molar-refractivity contribution in [3.63, 3.8) is 0 Å². The normalized spacial score (nSPS) is 24.3. The van der Waals surface area contributed by atoms with Crippen molar-refractivity contribution >= 4 is 0 Å². The summed E-state index contributed by atoms with van der Waals surface area (Å²) in [6.07, 6.45) is 0. The number of nitrogens with two attached hydrogens (primary N) is 1. The summed E-state index contributed by atoms with van der Waals surface area (Å²) in [6.45, 7) is 5.37. The molecule has 0 aliphatic carbocycles. The largest absolute Gasteiger partial charge is 0.326 e. The molecule has 1 saturated heterocycles. The van der Waals surface area contributed by atoms with Gasteiger partial charge >= 0.3 is 0 Å². The van der Waals surface area contributed by atoms with Gasteiger partial charge in [-0.2, -0.15) is 0 Å². The molecule has 1 aromatic carbocycles. The Bertz CT molecular complexity index is 433. The minimum absolute atomic E-state index is 0.135. The van der Waals surface area contributed by atoms with E-state index in [-0.39, 0.29) is 5.82 Å². The maximum absolute atomic E-state index is 14.0. The molecule has 1 aliphatic rings. The zero-order chi connectivity index (χ0) is 14.0. The molecule has 2 atom stereocenters. The van der Waals surface area contributed by atoms with Gasteiger partial charge in [0.15, 0.2) is 0 Å². The van der Waals surface area contributed by atoms with Gasteiger partial charge in [0.05, 0.1) is 0 Å². The summed E-state index contributed by atoms with van der Waals surface area (Å²) >= 11 is 0. The van der Waals surface area contributed by atoms with Crippen molar-refractivity contribution in [2.75, 3.05) is 27.2 Å². The molecule has 2 N–H and O–H groups in total. The topological polar surface area (TPSA) is 32.5 Å². The van der Waals surface area contributed by atoms with Gasteiger partial charge in [0.25, 0.3) is 0 Å². The van der Waals surface area contributed by atoms with Crippen LogP contribution in [0.4, 0.5) is 4.39 Å². The van der Waals surface area contributed by atoms with E-state index < -0.39 is 0 Å². The summed E-state index contributed by atoms with van der Waals surface area (Å²) in [4.78, 5) is 4.59. The Hall–Kier alpha value is -0.970. The highest BCUT2D eigenvalue weighted by atomic mass is 19.1. The van der Waals surface area contributed by atoms with Crippen LogP contribution in [0.1, 0.15) is 18.1 Å². The molecule has 0 bridgehead atoms. The summed E-state index contributed by atoms with van der Waals surface area (Å²) < 4.78 is 14.0. The number of halogens is 1. The second-order valence-electron chi connectivity index (χ2n) is 5.83. The van der Waals surface area contributed by atoms with Crippen LogP contribution in [0.3, 0.4) is 0 Å². The van der Waals surface area contributed by atoms with Gasteiger partial charge in [-0.15, -0.1) is 0 Å². The number of hydrogen-bond acceptors (Lipinski definition) is 3. The molecule has 1 heterocycles. The minimum atomic E-state index is -0.135. The molecule has 2 unspecified atom stereocenters. The molecule has 1 aliphatic heterocycles. The van der Waals surface area contributed by atoms with Crippen LogP contribution in [0.15, 0.2) is 18.2 Å². The first kappa shape index (κ1) is 14.4. The number of rotatable bonds is 4. The highest BCUT2D eigenvalue weighted by Crippen LogP contribution is 2.22.